The van der Waals surface area contributed by atoms with Gasteiger partial charge < -0.3 is 17.0 Å². The lowest BCUT2D eigenvalue weighted by Gasteiger charge is -2.07. The molecule has 10 heavy (non-hydrogen) atoms. The van der Waals surface area contributed by atoms with Crippen LogP contribution in [-0.4, -0.2) is 16.7 Å². The van der Waals surface area contributed by atoms with E-state index in [9.17, 15) is 0 Å². The lowest BCUT2D eigenvalue weighted by molar-refractivity contribution is -0.481. The van der Waals surface area contributed by atoms with Gasteiger partial charge in [-0.3, -0.25) is 0 Å². The zero-order chi connectivity index (χ0) is 6.91. The molecule has 1 unspecified atom stereocenters. The molecule has 1 rings (SSSR count). The van der Waals surface area contributed by atoms with E-state index in [2.05, 4.69) is 47.6 Å². The van der Waals surface area contributed by atoms with Crippen LogP contribution in [0.1, 0.15) is 20.3 Å². The van der Waals surface area contributed by atoms with E-state index in [-0.39, 0.29) is 17.0 Å². The summed E-state index contributed by atoms with van der Waals surface area (Å²) in [5.41, 5.74) is 0.426. The van der Waals surface area contributed by atoms with Crippen LogP contribution < -0.4 is 22.0 Å². The minimum Gasteiger partial charge on any atom is -1.00 e. The van der Waals surface area contributed by atoms with Gasteiger partial charge in [0.25, 0.3) is 0 Å². The number of halogens is 2. The number of alkyl halides is 1. The van der Waals surface area contributed by atoms with Crippen molar-refractivity contribution in [1.29, 1.82) is 0 Å². The van der Waals surface area contributed by atoms with E-state index < -0.39 is 0 Å². The molecule has 1 N–H and O–H groups in total. The van der Waals surface area contributed by atoms with Crippen molar-refractivity contribution in [3.63, 3.8) is 0 Å². The summed E-state index contributed by atoms with van der Waals surface area (Å²) < 4.78 is 1.22. The van der Waals surface area contributed by atoms with Crippen molar-refractivity contribution in [1.82, 2.24) is 0 Å². The average Bonchev–Trinajstić information content (AvgIpc) is 2.10. The van der Waals surface area contributed by atoms with E-state index in [1.807, 2.05) is 0 Å². The van der Waals surface area contributed by atoms with Gasteiger partial charge in [0.05, 0.1) is 4.43 Å². The van der Waals surface area contributed by atoms with Crippen molar-refractivity contribution in [2.45, 2.75) is 26.3 Å². The van der Waals surface area contributed by atoms with Gasteiger partial charge in [-0.1, -0.05) is 36.4 Å². The highest BCUT2D eigenvalue weighted by Gasteiger charge is 2.31. The van der Waals surface area contributed by atoms with Crippen LogP contribution in [0, 0.1) is 5.41 Å². The van der Waals surface area contributed by atoms with Crippen molar-refractivity contribution < 1.29 is 22.0 Å². The number of hydrogen-bond acceptors (Lipinski definition) is 0. The largest absolute Gasteiger partial charge is 1.00 e. The summed E-state index contributed by atoms with van der Waals surface area (Å²) >= 11 is 2.42. The third-order valence-electron chi connectivity index (χ3n) is 1.67. The molecule has 0 saturated carbocycles. The van der Waals surface area contributed by atoms with Crippen LogP contribution in [0.4, 0.5) is 0 Å². The van der Waals surface area contributed by atoms with Crippen LogP contribution in [0.5, 0.6) is 0 Å². The van der Waals surface area contributed by atoms with E-state index in [0.717, 1.165) is 6.04 Å². The zero-order valence-corrected chi connectivity index (χ0v) is 10.1. The van der Waals surface area contributed by atoms with Crippen molar-refractivity contribution in [2.75, 3.05) is 4.43 Å². The molecule has 1 heterocycles. The minimum absolute atomic E-state index is 0. The second-order valence-electron chi connectivity index (χ2n) is 3.35. The maximum atomic E-state index is 3.36. The maximum Gasteiger partial charge on any atom is 0.160 e. The number of rotatable bonds is 1. The van der Waals surface area contributed by atoms with Crippen molar-refractivity contribution >= 4 is 28.8 Å². The highest BCUT2D eigenvalue weighted by Crippen LogP contribution is 2.20. The second-order valence-corrected chi connectivity index (χ2v) is 4.24. The molecule has 0 aromatic rings. The van der Waals surface area contributed by atoms with E-state index in [0.29, 0.717) is 5.41 Å². The molecule has 1 aliphatic rings. The van der Waals surface area contributed by atoms with Crippen molar-refractivity contribution in [2.24, 2.45) is 5.41 Å². The first-order valence-corrected chi connectivity index (χ1v) is 4.83. The number of nitrogens with one attached hydrogen (secondary N) is 1. The second kappa shape index (κ2) is 4.04. The summed E-state index contributed by atoms with van der Waals surface area (Å²) in [7, 11) is 0. The van der Waals surface area contributed by atoms with Gasteiger partial charge >= 0.3 is 0 Å². The SMILES string of the molecule is CC1(C)C=[NH+]C(CI)C1.[Br-]. The Bertz CT molecular complexity index is 134. The highest BCUT2D eigenvalue weighted by atomic mass is 127. The molecule has 0 aliphatic carbocycles. The molecule has 3 heteroatoms. The van der Waals surface area contributed by atoms with E-state index in [1.54, 1.807) is 0 Å². The van der Waals surface area contributed by atoms with Crippen LogP contribution >= 0.6 is 22.6 Å². The Hall–Kier alpha value is 0.880. The Morgan fingerprint density at radius 2 is 2.30 bits per heavy atom. The Morgan fingerprint density at radius 3 is 2.50 bits per heavy atom. The molecule has 60 valence electrons. The Labute approximate surface area is 86.6 Å². The first-order valence-electron chi connectivity index (χ1n) is 3.30. The van der Waals surface area contributed by atoms with Crippen LogP contribution in [0.15, 0.2) is 0 Å². The predicted molar refractivity (Wildman–Crippen MR) is 48.1 cm³/mol. The summed E-state index contributed by atoms with van der Waals surface area (Å²) in [6, 6.07) is 0.723. The van der Waals surface area contributed by atoms with Gasteiger partial charge in [-0.25, -0.2) is 4.99 Å². The molecule has 1 nitrogen and oxygen atoms in total. The van der Waals surface area contributed by atoms with Crippen LogP contribution in [0.2, 0.25) is 0 Å². The fourth-order valence-electron chi connectivity index (χ4n) is 1.20. The average molecular weight is 318 g/mol. The van der Waals surface area contributed by atoms with Crippen molar-refractivity contribution in [3.8, 4) is 0 Å². The monoisotopic (exact) mass is 317 g/mol. The Kier molecular flexibility index (Phi) is 4.40. The summed E-state index contributed by atoms with van der Waals surface area (Å²) in [6.07, 6.45) is 3.51. The molecular formula is C7H13BrIN. The molecule has 1 aliphatic heterocycles. The first kappa shape index (κ1) is 10.9. The van der Waals surface area contributed by atoms with Gasteiger partial charge in [0.15, 0.2) is 6.04 Å². The van der Waals surface area contributed by atoms with Crippen molar-refractivity contribution in [3.05, 3.63) is 0 Å². The zero-order valence-electron chi connectivity index (χ0n) is 6.32. The number of hydrogen-bond donors (Lipinski definition) is 1. The molecule has 0 bridgehead atoms. The van der Waals surface area contributed by atoms with Gasteiger partial charge in [-0.15, -0.1) is 0 Å². The van der Waals surface area contributed by atoms with Gasteiger partial charge in [0, 0.05) is 11.8 Å². The quantitative estimate of drug-likeness (QED) is 0.402. The summed E-state index contributed by atoms with van der Waals surface area (Å²) in [6.45, 7) is 4.54. The molecule has 0 amide bonds. The normalized spacial score (nSPS) is 28.1. The third kappa shape index (κ3) is 2.86. The van der Waals surface area contributed by atoms with E-state index in [4.69, 9.17) is 0 Å². The van der Waals surface area contributed by atoms with E-state index in [1.165, 1.54) is 10.8 Å². The van der Waals surface area contributed by atoms with E-state index >= 15 is 0 Å². The third-order valence-corrected chi connectivity index (χ3v) is 2.73. The standard InChI is InChI=1S/C7H12IN.BrH/c1-7(2)3-6(4-8)9-5-7;/h5-6H,3-4H2,1-2H3;1H. The fraction of sp³-hybridized carbons (Fsp3) is 0.857. The fourth-order valence-corrected chi connectivity index (χ4v) is 1.76. The molecule has 0 fully saturated rings. The molecule has 0 spiro atoms. The van der Waals surface area contributed by atoms with Gasteiger partial charge in [-0.2, -0.15) is 0 Å². The predicted octanol–water partition coefficient (Wildman–Crippen LogP) is -2.62. The maximum absolute atomic E-state index is 3.36. The highest BCUT2D eigenvalue weighted by molar-refractivity contribution is 14.1. The Balaban J connectivity index is 0.000000810. The minimum atomic E-state index is 0. The van der Waals surface area contributed by atoms with Crippen LogP contribution in [-0.2, 0) is 0 Å². The lowest BCUT2D eigenvalue weighted by atomic mass is 9.91. The smallest absolute Gasteiger partial charge is 0.160 e. The molecule has 0 aromatic heterocycles. The van der Waals surface area contributed by atoms with Crippen LogP contribution in [0.25, 0.3) is 0 Å². The topological polar surface area (TPSA) is 14.0 Å². The lowest BCUT2D eigenvalue weighted by Crippen LogP contribution is -3.00. The molecule has 0 aromatic carbocycles. The van der Waals surface area contributed by atoms with Gasteiger partial charge in [0.1, 0.15) is 6.21 Å². The molecule has 0 saturated heterocycles. The Morgan fingerprint density at radius 1 is 1.70 bits per heavy atom. The van der Waals surface area contributed by atoms with Gasteiger partial charge in [-0.05, 0) is 0 Å². The summed E-state index contributed by atoms with van der Waals surface area (Å²) in [4.78, 5) is 3.36. The summed E-state index contributed by atoms with van der Waals surface area (Å²) in [5, 5.41) is 0. The van der Waals surface area contributed by atoms with Gasteiger partial charge in [0.2, 0.25) is 0 Å². The molecule has 0 radical (unpaired) electrons. The first-order chi connectivity index (χ1) is 4.14. The van der Waals surface area contributed by atoms with Crippen LogP contribution in [0.3, 0.4) is 0 Å². The summed E-state index contributed by atoms with van der Waals surface area (Å²) in [5.74, 6) is 0. The molecule has 1 atom stereocenters. The molecular weight excluding hydrogens is 305 g/mol.